The van der Waals surface area contributed by atoms with Crippen molar-refractivity contribution >= 4 is 5.96 Å². The molecule has 0 fully saturated rings. The van der Waals surface area contributed by atoms with Crippen LogP contribution in [-0.4, -0.2) is 19.6 Å². The Labute approximate surface area is 126 Å². The fourth-order valence-corrected chi connectivity index (χ4v) is 1.94. The third kappa shape index (κ3) is 6.26. The van der Waals surface area contributed by atoms with Crippen LogP contribution in [0.4, 0.5) is 4.39 Å². The molecule has 21 heavy (non-hydrogen) atoms. The second-order valence-electron chi connectivity index (χ2n) is 4.83. The van der Waals surface area contributed by atoms with Crippen LogP contribution in [0.25, 0.3) is 0 Å². The van der Waals surface area contributed by atoms with E-state index in [9.17, 15) is 4.39 Å². The zero-order chi connectivity index (χ0) is 15.5. The molecular formula is C16H23FN4. The van der Waals surface area contributed by atoms with E-state index in [4.69, 9.17) is 5.26 Å². The maximum absolute atomic E-state index is 13.6. The van der Waals surface area contributed by atoms with E-state index in [1.807, 2.05) is 6.07 Å². The lowest BCUT2D eigenvalue weighted by Gasteiger charge is -2.12. The number of nitriles is 1. The lowest BCUT2D eigenvalue weighted by molar-refractivity contribution is 0.603. The third-order valence-electron chi connectivity index (χ3n) is 3.17. The zero-order valence-electron chi connectivity index (χ0n) is 12.7. The van der Waals surface area contributed by atoms with Crippen molar-refractivity contribution in [3.8, 4) is 6.07 Å². The molecule has 1 rings (SSSR count). The van der Waals surface area contributed by atoms with Gasteiger partial charge in [0.05, 0.1) is 11.6 Å². The SMILES string of the molecule is CCCCCCNC(=NC)NCc1cc(C#N)ccc1F. The van der Waals surface area contributed by atoms with Crippen molar-refractivity contribution in [2.24, 2.45) is 4.99 Å². The van der Waals surface area contributed by atoms with Gasteiger partial charge in [-0.05, 0) is 24.6 Å². The number of hydrogen-bond acceptors (Lipinski definition) is 2. The first-order valence-electron chi connectivity index (χ1n) is 7.34. The molecule has 0 aliphatic rings. The van der Waals surface area contributed by atoms with Gasteiger partial charge in [0.2, 0.25) is 0 Å². The van der Waals surface area contributed by atoms with Gasteiger partial charge in [0.25, 0.3) is 0 Å². The van der Waals surface area contributed by atoms with Gasteiger partial charge in [0.1, 0.15) is 5.82 Å². The first-order valence-corrected chi connectivity index (χ1v) is 7.34. The second-order valence-corrected chi connectivity index (χ2v) is 4.83. The minimum Gasteiger partial charge on any atom is -0.356 e. The van der Waals surface area contributed by atoms with E-state index < -0.39 is 0 Å². The number of guanidine groups is 1. The molecule has 5 heteroatoms. The number of nitrogens with one attached hydrogen (secondary N) is 2. The van der Waals surface area contributed by atoms with Crippen molar-refractivity contribution in [2.75, 3.05) is 13.6 Å². The molecule has 0 aromatic heterocycles. The fourth-order valence-electron chi connectivity index (χ4n) is 1.94. The van der Waals surface area contributed by atoms with Crippen molar-refractivity contribution in [1.82, 2.24) is 10.6 Å². The number of halogens is 1. The molecule has 1 aromatic rings. The van der Waals surface area contributed by atoms with Gasteiger partial charge in [-0.15, -0.1) is 0 Å². The van der Waals surface area contributed by atoms with E-state index in [0.717, 1.165) is 13.0 Å². The van der Waals surface area contributed by atoms with Crippen LogP contribution >= 0.6 is 0 Å². The average molecular weight is 290 g/mol. The molecule has 0 saturated carbocycles. The maximum Gasteiger partial charge on any atom is 0.191 e. The Kier molecular flexibility index (Phi) is 7.88. The van der Waals surface area contributed by atoms with Gasteiger partial charge in [0.15, 0.2) is 5.96 Å². The van der Waals surface area contributed by atoms with E-state index in [-0.39, 0.29) is 5.82 Å². The normalized spacial score (nSPS) is 11.0. The van der Waals surface area contributed by atoms with Crippen LogP contribution < -0.4 is 10.6 Å². The Balaban J connectivity index is 2.43. The lowest BCUT2D eigenvalue weighted by Crippen LogP contribution is -2.37. The molecule has 1 aromatic carbocycles. The molecule has 0 bridgehead atoms. The Hall–Kier alpha value is -2.09. The van der Waals surface area contributed by atoms with Crippen LogP contribution in [0.2, 0.25) is 0 Å². The summed E-state index contributed by atoms with van der Waals surface area (Å²) in [7, 11) is 1.68. The molecule has 0 aliphatic heterocycles. The summed E-state index contributed by atoms with van der Waals surface area (Å²) in [6.07, 6.45) is 4.73. The highest BCUT2D eigenvalue weighted by Gasteiger charge is 2.05. The molecule has 0 amide bonds. The second kappa shape index (κ2) is 9.76. The van der Waals surface area contributed by atoms with Crippen LogP contribution in [0.15, 0.2) is 23.2 Å². The zero-order valence-corrected chi connectivity index (χ0v) is 12.7. The fraction of sp³-hybridized carbons (Fsp3) is 0.500. The highest BCUT2D eigenvalue weighted by atomic mass is 19.1. The summed E-state index contributed by atoms with van der Waals surface area (Å²) in [6.45, 7) is 3.33. The lowest BCUT2D eigenvalue weighted by atomic mass is 10.1. The number of hydrogen-bond donors (Lipinski definition) is 2. The Morgan fingerprint density at radius 3 is 2.76 bits per heavy atom. The van der Waals surface area contributed by atoms with Gasteiger partial charge in [-0.25, -0.2) is 4.39 Å². The highest BCUT2D eigenvalue weighted by Crippen LogP contribution is 2.09. The van der Waals surface area contributed by atoms with Gasteiger partial charge >= 0.3 is 0 Å². The summed E-state index contributed by atoms with van der Waals surface area (Å²) in [4.78, 5) is 4.10. The molecule has 0 unspecified atom stereocenters. The van der Waals surface area contributed by atoms with E-state index >= 15 is 0 Å². The Morgan fingerprint density at radius 2 is 2.10 bits per heavy atom. The third-order valence-corrected chi connectivity index (χ3v) is 3.17. The van der Waals surface area contributed by atoms with Crippen LogP contribution in [0.3, 0.4) is 0 Å². The molecule has 0 spiro atoms. The minimum atomic E-state index is -0.320. The summed E-state index contributed by atoms with van der Waals surface area (Å²) in [5.74, 6) is 0.327. The molecule has 4 nitrogen and oxygen atoms in total. The van der Waals surface area contributed by atoms with Crippen LogP contribution in [0.1, 0.15) is 43.7 Å². The van der Waals surface area contributed by atoms with Crippen molar-refractivity contribution in [3.05, 3.63) is 35.1 Å². The number of benzene rings is 1. The van der Waals surface area contributed by atoms with Gasteiger partial charge in [-0.2, -0.15) is 5.26 Å². The first-order chi connectivity index (χ1) is 10.2. The topological polar surface area (TPSA) is 60.2 Å². The number of nitrogens with zero attached hydrogens (tertiary/aromatic N) is 2. The Bertz CT molecular complexity index is 505. The van der Waals surface area contributed by atoms with Gasteiger partial charge < -0.3 is 10.6 Å². The molecule has 0 atom stereocenters. The number of aliphatic imine (C=N–C) groups is 1. The summed E-state index contributed by atoms with van der Waals surface area (Å²) in [5.41, 5.74) is 0.915. The van der Waals surface area contributed by atoms with Gasteiger partial charge in [-0.1, -0.05) is 26.2 Å². The number of unbranched alkanes of at least 4 members (excludes halogenated alkanes) is 3. The average Bonchev–Trinajstić information content (AvgIpc) is 2.51. The van der Waals surface area contributed by atoms with Crippen molar-refractivity contribution in [1.29, 1.82) is 5.26 Å². The van der Waals surface area contributed by atoms with Crippen molar-refractivity contribution < 1.29 is 4.39 Å². The van der Waals surface area contributed by atoms with E-state index in [2.05, 4.69) is 22.5 Å². The van der Waals surface area contributed by atoms with Crippen molar-refractivity contribution in [2.45, 2.75) is 39.2 Å². The monoisotopic (exact) mass is 290 g/mol. The highest BCUT2D eigenvalue weighted by molar-refractivity contribution is 5.79. The molecule has 2 N–H and O–H groups in total. The number of rotatable bonds is 7. The van der Waals surface area contributed by atoms with E-state index in [0.29, 0.717) is 23.6 Å². The summed E-state index contributed by atoms with van der Waals surface area (Å²) >= 11 is 0. The molecule has 0 radical (unpaired) electrons. The van der Waals surface area contributed by atoms with Crippen LogP contribution in [0, 0.1) is 17.1 Å². The molecular weight excluding hydrogens is 267 g/mol. The summed E-state index contributed by atoms with van der Waals surface area (Å²) in [6, 6.07) is 6.35. The van der Waals surface area contributed by atoms with E-state index in [1.54, 1.807) is 13.1 Å². The summed E-state index contributed by atoms with van der Waals surface area (Å²) in [5, 5.41) is 15.1. The molecule has 0 saturated heterocycles. The molecule has 0 aliphatic carbocycles. The largest absolute Gasteiger partial charge is 0.356 e. The predicted octanol–water partition coefficient (Wildman–Crippen LogP) is 2.94. The minimum absolute atomic E-state index is 0.302. The van der Waals surface area contributed by atoms with Gasteiger partial charge in [-0.3, -0.25) is 4.99 Å². The van der Waals surface area contributed by atoms with Crippen molar-refractivity contribution in [3.63, 3.8) is 0 Å². The predicted molar refractivity (Wildman–Crippen MR) is 83.5 cm³/mol. The quantitative estimate of drug-likeness (QED) is 0.461. The first kappa shape index (κ1) is 17.0. The van der Waals surface area contributed by atoms with Crippen LogP contribution in [-0.2, 0) is 6.54 Å². The van der Waals surface area contributed by atoms with E-state index in [1.165, 1.54) is 31.4 Å². The maximum atomic E-state index is 13.6. The van der Waals surface area contributed by atoms with Gasteiger partial charge in [0, 0.05) is 25.7 Å². The smallest absolute Gasteiger partial charge is 0.191 e. The summed E-state index contributed by atoms with van der Waals surface area (Å²) < 4.78 is 13.6. The standard InChI is InChI=1S/C16H23FN4/c1-3-4-5-6-9-20-16(19-2)21-12-14-10-13(11-18)7-8-15(14)17/h7-8,10H,3-6,9,12H2,1-2H3,(H2,19,20,21). The van der Waals surface area contributed by atoms with Crippen LogP contribution in [0.5, 0.6) is 0 Å². The molecule has 114 valence electrons. The molecule has 0 heterocycles. The Morgan fingerprint density at radius 1 is 1.29 bits per heavy atom.